The number of rotatable bonds is 3. The Morgan fingerprint density at radius 2 is 2.11 bits per heavy atom. The molecular weight excluding hydrogens is 330 g/mol. The fourth-order valence-corrected chi connectivity index (χ4v) is 2.92. The highest BCUT2D eigenvalue weighted by molar-refractivity contribution is 9.10. The zero-order valence-corrected chi connectivity index (χ0v) is 12.9. The average Bonchev–Trinajstić information content (AvgIpc) is 2.76. The topological polar surface area (TPSA) is 78.0 Å². The molecule has 1 aromatic carbocycles. The maximum atomic E-state index is 11.4. The first kappa shape index (κ1) is 14.2. The molecule has 0 radical (unpaired) electrons. The third-order valence-electron chi connectivity index (χ3n) is 2.73. The molecule has 0 aliphatic rings. The summed E-state index contributed by atoms with van der Waals surface area (Å²) in [4.78, 5) is 0.194. The Kier molecular flexibility index (Phi) is 3.80. The molecule has 2 rings (SSSR count). The largest absolute Gasteiger partial charge is 0.324 e. The lowest BCUT2D eigenvalue weighted by atomic mass is 10.1. The van der Waals surface area contributed by atoms with Crippen LogP contribution >= 0.6 is 15.9 Å². The van der Waals surface area contributed by atoms with E-state index in [1.807, 2.05) is 25.1 Å². The van der Waals surface area contributed by atoms with Crippen molar-refractivity contribution in [3.63, 3.8) is 0 Å². The van der Waals surface area contributed by atoms with Gasteiger partial charge in [-0.1, -0.05) is 22.0 Å². The zero-order chi connectivity index (χ0) is 14.2. The Morgan fingerprint density at radius 1 is 1.42 bits per heavy atom. The average molecular weight is 344 g/mol. The van der Waals surface area contributed by atoms with Crippen molar-refractivity contribution in [3.8, 4) is 5.69 Å². The minimum atomic E-state index is -3.24. The first-order valence-corrected chi connectivity index (χ1v) is 8.27. The van der Waals surface area contributed by atoms with E-state index < -0.39 is 9.84 Å². The molecule has 0 saturated carbocycles. The van der Waals surface area contributed by atoms with Crippen LogP contribution in [0.3, 0.4) is 0 Å². The summed E-state index contributed by atoms with van der Waals surface area (Å²) in [5.74, 6) is 0. The van der Waals surface area contributed by atoms with Gasteiger partial charge in [-0.2, -0.15) is 5.10 Å². The van der Waals surface area contributed by atoms with Gasteiger partial charge in [0, 0.05) is 23.0 Å². The van der Waals surface area contributed by atoms with E-state index in [-0.39, 0.29) is 10.9 Å². The van der Waals surface area contributed by atoms with Gasteiger partial charge in [0.2, 0.25) is 0 Å². The van der Waals surface area contributed by atoms with Gasteiger partial charge in [0.1, 0.15) is 4.90 Å². The highest BCUT2D eigenvalue weighted by atomic mass is 79.9. The maximum Gasteiger partial charge on any atom is 0.178 e. The summed E-state index contributed by atoms with van der Waals surface area (Å²) in [7, 11) is -3.24. The molecule has 19 heavy (non-hydrogen) atoms. The van der Waals surface area contributed by atoms with Crippen molar-refractivity contribution in [1.82, 2.24) is 9.78 Å². The number of sulfone groups is 1. The second kappa shape index (κ2) is 5.07. The Morgan fingerprint density at radius 3 is 2.58 bits per heavy atom. The van der Waals surface area contributed by atoms with E-state index >= 15 is 0 Å². The predicted octanol–water partition coefficient (Wildman–Crippen LogP) is 2.06. The zero-order valence-electron chi connectivity index (χ0n) is 10.5. The van der Waals surface area contributed by atoms with E-state index in [0.717, 1.165) is 22.0 Å². The molecule has 1 heterocycles. The molecule has 0 amide bonds. The second-order valence-corrected chi connectivity index (χ2v) is 7.26. The van der Waals surface area contributed by atoms with E-state index in [9.17, 15) is 8.42 Å². The quantitative estimate of drug-likeness (QED) is 0.925. The first-order chi connectivity index (χ1) is 8.79. The van der Waals surface area contributed by atoms with E-state index in [4.69, 9.17) is 5.73 Å². The van der Waals surface area contributed by atoms with Crippen molar-refractivity contribution < 1.29 is 8.42 Å². The van der Waals surface area contributed by atoms with Gasteiger partial charge in [-0.25, -0.2) is 13.1 Å². The van der Waals surface area contributed by atoms with Crippen molar-refractivity contribution in [2.45, 2.75) is 17.9 Å². The number of hydrogen-bond acceptors (Lipinski definition) is 4. The van der Waals surface area contributed by atoms with Crippen LogP contribution in [0.25, 0.3) is 5.69 Å². The van der Waals surface area contributed by atoms with Crippen LogP contribution < -0.4 is 5.73 Å². The van der Waals surface area contributed by atoms with Crippen LogP contribution in [-0.4, -0.2) is 24.5 Å². The summed E-state index contributed by atoms with van der Waals surface area (Å²) in [5.41, 5.74) is 7.59. The summed E-state index contributed by atoms with van der Waals surface area (Å²) in [5, 5.41) is 4.05. The van der Waals surface area contributed by atoms with Gasteiger partial charge in [-0.15, -0.1) is 0 Å². The normalized spacial score (nSPS) is 13.5. The fraction of sp³-hybridized carbons (Fsp3) is 0.250. The minimum Gasteiger partial charge on any atom is -0.324 e. The van der Waals surface area contributed by atoms with Gasteiger partial charge < -0.3 is 5.73 Å². The van der Waals surface area contributed by atoms with Crippen molar-refractivity contribution in [2.24, 2.45) is 5.73 Å². The van der Waals surface area contributed by atoms with Crippen LogP contribution in [0.5, 0.6) is 0 Å². The molecule has 5 nitrogen and oxygen atoms in total. The third-order valence-corrected chi connectivity index (χ3v) is 4.48. The summed E-state index contributed by atoms with van der Waals surface area (Å²) in [6, 6.07) is 5.53. The summed E-state index contributed by atoms with van der Waals surface area (Å²) >= 11 is 3.45. The molecule has 0 fully saturated rings. The predicted molar refractivity (Wildman–Crippen MR) is 77.0 cm³/mol. The number of hydrogen-bond donors (Lipinski definition) is 1. The first-order valence-electron chi connectivity index (χ1n) is 5.59. The van der Waals surface area contributed by atoms with Crippen molar-refractivity contribution in [3.05, 3.63) is 40.6 Å². The highest BCUT2D eigenvalue weighted by Crippen LogP contribution is 2.25. The molecule has 0 bridgehead atoms. The lowest BCUT2D eigenvalue weighted by Gasteiger charge is -2.10. The second-order valence-electron chi connectivity index (χ2n) is 4.39. The highest BCUT2D eigenvalue weighted by Gasteiger charge is 2.12. The van der Waals surface area contributed by atoms with Gasteiger partial charge in [0.05, 0.1) is 11.9 Å². The number of aromatic nitrogens is 2. The van der Waals surface area contributed by atoms with Crippen LogP contribution in [-0.2, 0) is 9.84 Å². The molecule has 0 spiro atoms. The van der Waals surface area contributed by atoms with Gasteiger partial charge in [-0.3, -0.25) is 0 Å². The van der Waals surface area contributed by atoms with Crippen LogP contribution in [0.4, 0.5) is 0 Å². The van der Waals surface area contributed by atoms with Crippen molar-refractivity contribution in [2.75, 3.05) is 6.26 Å². The Labute approximate surface area is 120 Å². The minimum absolute atomic E-state index is 0.0763. The Hall–Kier alpha value is -1.18. The SMILES string of the molecule is C[C@H](N)c1ccc(-n2cc(S(C)(=O)=O)cn2)cc1Br. The van der Waals surface area contributed by atoms with Gasteiger partial charge in [-0.05, 0) is 24.6 Å². The molecule has 1 aromatic heterocycles. The molecule has 7 heteroatoms. The number of nitrogens with two attached hydrogens (primary N) is 1. The smallest absolute Gasteiger partial charge is 0.178 e. The molecule has 102 valence electrons. The number of nitrogens with zero attached hydrogens (tertiary/aromatic N) is 2. The van der Waals surface area contributed by atoms with Gasteiger partial charge in [0.25, 0.3) is 0 Å². The molecule has 2 aromatic rings. The molecule has 0 aliphatic carbocycles. The number of benzene rings is 1. The van der Waals surface area contributed by atoms with Crippen LogP contribution in [0.15, 0.2) is 40.0 Å². The fourth-order valence-electron chi connectivity index (χ4n) is 1.67. The maximum absolute atomic E-state index is 11.4. The monoisotopic (exact) mass is 343 g/mol. The third kappa shape index (κ3) is 3.05. The van der Waals surface area contributed by atoms with Gasteiger partial charge in [0.15, 0.2) is 9.84 Å². The molecule has 0 aliphatic heterocycles. The molecule has 2 N–H and O–H groups in total. The van der Waals surface area contributed by atoms with Crippen molar-refractivity contribution >= 4 is 25.8 Å². The van der Waals surface area contributed by atoms with E-state index in [1.54, 1.807) is 0 Å². The lowest BCUT2D eigenvalue weighted by Crippen LogP contribution is -2.06. The lowest BCUT2D eigenvalue weighted by molar-refractivity contribution is 0.602. The van der Waals surface area contributed by atoms with Crippen LogP contribution in [0.2, 0.25) is 0 Å². The summed E-state index contributed by atoms with van der Waals surface area (Å²) < 4.78 is 25.2. The molecule has 0 saturated heterocycles. The molecule has 0 unspecified atom stereocenters. The van der Waals surface area contributed by atoms with E-state index in [0.29, 0.717) is 0 Å². The molecule has 1 atom stereocenters. The number of halogens is 1. The van der Waals surface area contributed by atoms with Gasteiger partial charge >= 0.3 is 0 Å². The summed E-state index contributed by atoms with van der Waals surface area (Å²) in [6.45, 7) is 1.90. The van der Waals surface area contributed by atoms with E-state index in [2.05, 4.69) is 21.0 Å². The van der Waals surface area contributed by atoms with E-state index in [1.165, 1.54) is 17.1 Å². The standard InChI is InChI=1S/C12H14BrN3O2S/c1-8(14)11-4-3-9(5-12(11)13)16-7-10(6-15-16)19(2,17)18/h3-8H,14H2,1-2H3/t8-/m0/s1. The Balaban J connectivity index is 2.43. The molecular formula is C12H14BrN3O2S. The van der Waals surface area contributed by atoms with Crippen molar-refractivity contribution in [1.29, 1.82) is 0 Å². The van der Waals surface area contributed by atoms with Crippen LogP contribution in [0.1, 0.15) is 18.5 Å². The summed E-state index contributed by atoms with van der Waals surface area (Å²) in [6.07, 6.45) is 3.98. The van der Waals surface area contributed by atoms with Crippen LogP contribution in [0, 0.1) is 0 Å². The Bertz CT molecular complexity index is 708.